The highest BCUT2D eigenvalue weighted by atomic mass is 16.5. The number of nitrogens with one attached hydrogen (secondary N) is 1. The van der Waals surface area contributed by atoms with E-state index < -0.39 is 11.9 Å². The van der Waals surface area contributed by atoms with Crippen molar-refractivity contribution in [2.75, 3.05) is 20.3 Å². The van der Waals surface area contributed by atoms with Crippen LogP contribution < -0.4 is 14.8 Å². The molecule has 0 heterocycles. The average Bonchev–Trinajstić information content (AvgIpc) is 2.62. The SMILES string of the molecule is C/C=C/c1ccc(OCCCNC(C)CC)c(OC)c1.O=C(O)C(=O)O. The van der Waals surface area contributed by atoms with Crippen molar-refractivity contribution in [1.82, 2.24) is 5.32 Å². The van der Waals surface area contributed by atoms with Crippen LogP contribution in [0.2, 0.25) is 0 Å². The van der Waals surface area contributed by atoms with E-state index in [4.69, 9.17) is 29.3 Å². The van der Waals surface area contributed by atoms with Gasteiger partial charge in [0.05, 0.1) is 13.7 Å². The van der Waals surface area contributed by atoms with Crippen LogP contribution in [0, 0.1) is 0 Å². The lowest BCUT2D eigenvalue weighted by atomic mass is 10.2. The molecule has 0 radical (unpaired) electrons. The number of allylic oxidation sites excluding steroid dienone is 1. The first-order valence-corrected chi connectivity index (χ1v) is 8.48. The van der Waals surface area contributed by atoms with E-state index in [-0.39, 0.29) is 0 Å². The van der Waals surface area contributed by atoms with Gasteiger partial charge in [-0.15, -0.1) is 0 Å². The third-order valence-corrected chi connectivity index (χ3v) is 3.41. The minimum absolute atomic E-state index is 0.574. The summed E-state index contributed by atoms with van der Waals surface area (Å²) >= 11 is 0. The molecule has 0 aromatic heterocycles. The van der Waals surface area contributed by atoms with Gasteiger partial charge in [-0.05, 0) is 50.9 Å². The first kappa shape index (κ1) is 23.5. The molecule has 1 aromatic carbocycles. The minimum Gasteiger partial charge on any atom is -0.493 e. The molecule has 0 fully saturated rings. The van der Waals surface area contributed by atoms with Gasteiger partial charge in [-0.25, -0.2) is 9.59 Å². The van der Waals surface area contributed by atoms with Crippen molar-refractivity contribution in [3.8, 4) is 11.5 Å². The fourth-order valence-electron chi connectivity index (χ4n) is 1.85. The fraction of sp³-hybridized carbons (Fsp3) is 0.474. The number of ether oxygens (including phenoxy) is 2. The van der Waals surface area contributed by atoms with E-state index in [1.54, 1.807) is 7.11 Å². The number of carboxylic acid groups (broad SMARTS) is 2. The molecule has 0 bridgehead atoms. The summed E-state index contributed by atoms with van der Waals surface area (Å²) in [6, 6.07) is 6.57. The maximum Gasteiger partial charge on any atom is 0.414 e. The van der Waals surface area contributed by atoms with E-state index in [0.29, 0.717) is 12.6 Å². The second-order valence-corrected chi connectivity index (χ2v) is 5.49. The van der Waals surface area contributed by atoms with Crippen molar-refractivity contribution >= 4 is 18.0 Å². The van der Waals surface area contributed by atoms with E-state index >= 15 is 0 Å². The summed E-state index contributed by atoms with van der Waals surface area (Å²) in [6.45, 7) is 8.06. The number of benzene rings is 1. The van der Waals surface area contributed by atoms with Gasteiger partial charge in [0, 0.05) is 6.04 Å². The van der Waals surface area contributed by atoms with Gasteiger partial charge in [-0.2, -0.15) is 0 Å². The molecule has 7 nitrogen and oxygen atoms in total. The number of rotatable bonds is 9. The molecule has 1 atom stereocenters. The Morgan fingerprint density at radius 1 is 1.23 bits per heavy atom. The van der Waals surface area contributed by atoms with Crippen molar-refractivity contribution in [2.24, 2.45) is 0 Å². The molecular weight excluding hydrogens is 338 g/mol. The molecule has 0 spiro atoms. The molecule has 0 saturated heterocycles. The Kier molecular flexibility index (Phi) is 12.4. The van der Waals surface area contributed by atoms with Crippen LogP contribution in [0.1, 0.15) is 39.2 Å². The molecule has 0 aliphatic rings. The van der Waals surface area contributed by atoms with Gasteiger partial charge in [0.2, 0.25) is 0 Å². The highest BCUT2D eigenvalue weighted by Crippen LogP contribution is 2.28. The van der Waals surface area contributed by atoms with E-state index in [1.807, 2.05) is 37.3 Å². The van der Waals surface area contributed by atoms with Crippen LogP contribution in [0.25, 0.3) is 6.08 Å². The highest BCUT2D eigenvalue weighted by molar-refractivity contribution is 6.27. The number of hydrogen-bond acceptors (Lipinski definition) is 5. The standard InChI is InChI=1S/C17H27NO2.C2H2O4/c1-5-8-15-9-10-16(17(13-15)19-4)20-12-7-11-18-14(3)6-2;3-1(4)2(5)6/h5,8-10,13-14,18H,6-7,11-12H2,1-4H3;(H,3,4)(H,5,6)/b8-5+;. The van der Waals surface area contributed by atoms with Gasteiger partial charge in [-0.3, -0.25) is 0 Å². The Hall–Kier alpha value is -2.54. The van der Waals surface area contributed by atoms with Crippen LogP contribution in [0.5, 0.6) is 11.5 Å². The summed E-state index contributed by atoms with van der Waals surface area (Å²) in [6.07, 6.45) is 6.20. The smallest absolute Gasteiger partial charge is 0.414 e. The Labute approximate surface area is 154 Å². The molecular formula is C19H29NO6. The van der Waals surface area contributed by atoms with Gasteiger partial charge < -0.3 is 25.0 Å². The van der Waals surface area contributed by atoms with Crippen molar-refractivity contribution in [3.05, 3.63) is 29.8 Å². The van der Waals surface area contributed by atoms with E-state index in [1.165, 1.54) is 0 Å². The predicted octanol–water partition coefficient (Wildman–Crippen LogP) is 3.04. The third kappa shape index (κ3) is 10.4. The van der Waals surface area contributed by atoms with Gasteiger partial charge >= 0.3 is 11.9 Å². The third-order valence-electron chi connectivity index (χ3n) is 3.41. The van der Waals surface area contributed by atoms with Crippen LogP contribution in [0.4, 0.5) is 0 Å². The molecule has 1 aromatic rings. The molecule has 0 amide bonds. The zero-order valence-corrected chi connectivity index (χ0v) is 15.8. The zero-order valence-electron chi connectivity index (χ0n) is 15.8. The first-order valence-electron chi connectivity index (χ1n) is 8.48. The molecule has 1 unspecified atom stereocenters. The Morgan fingerprint density at radius 3 is 2.38 bits per heavy atom. The quantitative estimate of drug-likeness (QED) is 0.455. The normalized spacial score (nSPS) is 11.4. The molecule has 3 N–H and O–H groups in total. The van der Waals surface area contributed by atoms with Gasteiger partial charge in [0.1, 0.15) is 0 Å². The second kappa shape index (κ2) is 13.7. The maximum absolute atomic E-state index is 9.10. The lowest BCUT2D eigenvalue weighted by molar-refractivity contribution is -0.159. The summed E-state index contributed by atoms with van der Waals surface area (Å²) in [7, 11) is 1.67. The Morgan fingerprint density at radius 2 is 1.88 bits per heavy atom. The number of hydrogen-bond donors (Lipinski definition) is 3. The lowest BCUT2D eigenvalue weighted by Gasteiger charge is -2.13. The number of methoxy groups -OCH3 is 1. The largest absolute Gasteiger partial charge is 0.493 e. The predicted molar refractivity (Wildman–Crippen MR) is 101 cm³/mol. The van der Waals surface area contributed by atoms with Crippen molar-refractivity contribution in [2.45, 2.75) is 39.7 Å². The lowest BCUT2D eigenvalue weighted by Crippen LogP contribution is -2.27. The van der Waals surface area contributed by atoms with Gasteiger partial charge in [0.25, 0.3) is 0 Å². The van der Waals surface area contributed by atoms with E-state index in [9.17, 15) is 0 Å². The van der Waals surface area contributed by atoms with Gasteiger partial charge in [0.15, 0.2) is 11.5 Å². The zero-order chi connectivity index (χ0) is 19.9. The summed E-state index contributed by atoms with van der Waals surface area (Å²) in [5.74, 6) is -2.05. The number of carbonyl (C=O) groups is 2. The molecule has 146 valence electrons. The second-order valence-electron chi connectivity index (χ2n) is 5.49. The first-order chi connectivity index (χ1) is 12.3. The topological polar surface area (TPSA) is 105 Å². The molecule has 26 heavy (non-hydrogen) atoms. The van der Waals surface area contributed by atoms with E-state index in [2.05, 4.69) is 19.2 Å². The fourth-order valence-corrected chi connectivity index (χ4v) is 1.85. The van der Waals surface area contributed by atoms with Crippen molar-refractivity contribution in [3.63, 3.8) is 0 Å². The van der Waals surface area contributed by atoms with Crippen molar-refractivity contribution < 1.29 is 29.3 Å². The van der Waals surface area contributed by atoms with Crippen LogP contribution in [-0.2, 0) is 9.59 Å². The Balaban J connectivity index is 0.000000896. The highest BCUT2D eigenvalue weighted by Gasteiger charge is 2.05. The number of aliphatic carboxylic acids is 2. The van der Waals surface area contributed by atoms with Crippen LogP contribution in [-0.4, -0.2) is 48.5 Å². The molecule has 0 aliphatic heterocycles. The Bertz CT molecular complexity index is 573. The molecule has 1 rings (SSSR count). The monoisotopic (exact) mass is 367 g/mol. The maximum atomic E-state index is 9.10. The molecule has 0 aliphatic carbocycles. The summed E-state index contributed by atoms with van der Waals surface area (Å²) in [5, 5.41) is 18.2. The minimum atomic E-state index is -1.82. The van der Waals surface area contributed by atoms with Crippen LogP contribution in [0.15, 0.2) is 24.3 Å². The summed E-state index contributed by atoms with van der Waals surface area (Å²) in [5.41, 5.74) is 1.12. The van der Waals surface area contributed by atoms with Crippen LogP contribution >= 0.6 is 0 Å². The van der Waals surface area contributed by atoms with Crippen LogP contribution in [0.3, 0.4) is 0 Å². The molecule has 7 heteroatoms. The average molecular weight is 367 g/mol. The summed E-state index contributed by atoms with van der Waals surface area (Å²) < 4.78 is 11.2. The van der Waals surface area contributed by atoms with Crippen molar-refractivity contribution in [1.29, 1.82) is 0 Å². The van der Waals surface area contributed by atoms with E-state index in [0.717, 1.165) is 36.4 Å². The van der Waals surface area contributed by atoms with Gasteiger partial charge in [-0.1, -0.05) is 25.1 Å². The number of carboxylic acids is 2. The summed E-state index contributed by atoms with van der Waals surface area (Å²) in [4.78, 5) is 18.2. The molecule has 0 saturated carbocycles.